The number of benzene rings is 2. The van der Waals surface area contributed by atoms with Gasteiger partial charge in [0.2, 0.25) is 0 Å². The first-order chi connectivity index (χ1) is 16.1. The molecule has 1 heterocycles. The molecule has 0 unspecified atom stereocenters. The highest BCUT2D eigenvalue weighted by Crippen LogP contribution is 2.49. The molecule has 0 bridgehead atoms. The van der Waals surface area contributed by atoms with Crippen molar-refractivity contribution in [2.75, 3.05) is 11.9 Å². The van der Waals surface area contributed by atoms with Gasteiger partial charge >= 0.3 is 0 Å². The first-order valence-corrected chi connectivity index (χ1v) is 11.4. The summed E-state index contributed by atoms with van der Waals surface area (Å²) in [6.07, 6.45) is 3.75. The van der Waals surface area contributed by atoms with Gasteiger partial charge in [-0.2, -0.15) is 0 Å². The predicted molar refractivity (Wildman–Crippen MR) is 123 cm³/mol. The van der Waals surface area contributed by atoms with E-state index in [1.165, 1.54) is 0 Å². The van der Waals surface area contributed by atoms with Gasteiger partial charge in [-0.3, -0.25) is 14.4 Å². The highest BCUT2D eigenvalue weighted by molar-refractivity contribution is 6.06. The number of Topliss-reactive ketones (excluding diaryl/α,β-unsaturated/α-hetero) is 2. The average molecular weight is 443 g/mol. The van der Waals surface area contributed by atoms with E-state index in [4.69, 9.17) is 9.47 Å². The third-order valence-corrected chi connectivity index (χ3v) is 6.29. The molecule has 1 aliphatic heterocycles. The monoisotopic (exact) mass is 443 g/mol. The minimum Gasteiger partial charge on any atom is -0.483 e. The maximum Gasteiger partial charge on any atom is 0.262 e. The Morgan fingerprint density at radius 2 is 1.45 bits per heavy atom. The lowest BCUT2D eigenvalue weighted by atomic mass is 9.73. The summed E-state index contributed by atoms with van der Waals surface area (Å²) in [6.45, 7) is -0.186. The van der Waals surface area contributed by atoms with Crippen molar-refractivity contribution in [3.8, 4) is 5.75 Å². The van der Waals surface area contributed by atoms with Gasteiger partial charge in [-0.15, -0.1) is 0 Å². The van der Waals surface area contributed by atoms with Crippen LogP contribution in [0.4, 0.5) is 5.69 Å². The molecule has 0 spiro atoms. The van der Waals surface area contributed by atoms with E-state index < -0.39 is 5.92 Å². The van der Waals surface area contributed by atoms with E-state index in [9.17, 15) is 14.4 Å². The quantitative estimate of drug-likeness (QED) is 0.716. The Balaban J connectivity index is 1.47. The summed E-state index contributed by atoms with van der Waals surface area (Å²) in [4.78, 5) is 38.4. The molecule has 33 heavy (non-hydrogen) atoms. The van der Waals surface area contributed by atoms with Crippen molar-refractivity contribution in [2.24, 2.45) is 0 Å². The number of amides is 1. The number of ketones is 2. The van der Waals surface area contributed by atoms with E-state index in [1.807, 2.05) is 36.4 Å². The summed E-state index contributed by atoms with van der Waals surface area (Å²) in [5.74, 6) is 1.08. The van der Waals surface area contributed by atoms with Crippen LogP contribution >= 0.6 is 0 Å². The normalized spacial score (nSPS) is 18.4. The van der Waals surface area contributed by atoms with Gasteiger partial charge in [0.05, 0.1) is 5.92 Å². The summed E-state index contributed by atoms with van der Waals surface area (Å²) < 4.78 is 12.0. The Bertz CT molecular complexity index is 1140. The highest BCUT2D eigenvalue weighted by Gasteiger charge is 2.42. The molecule has 0 atom stereocenters. The molecule has 0 saturated carbocycles. The van der Waals surface area contributed by atoms with Gasteiger partial charge in [0.1, 0.15) is 17.3 Å². The summed E-state index contributed by atoms with van der Waals surface area (Å²) >= 11 is 0. The van der Waals surface area contributed by atoms with Crippen molar-refractivity contribution >= 4 is 23.2 Å². The molecule has 2 aromatic carbocycles. The van der Waals surface area contributed by atoms with Gasteiger partial charge in [-0.25, -0.2) is 0 Å². The third kappa shape index (κ3) is 4.21. The largest absolute Gasteiger partial charge is 0.483 e. The zero-order valence-corrected chi connectivity index (χ0v) is 18.3. The standard InChI is InChI=1S/C27H25NO5/c29-19-11-6-14-22-26(19)25(27-20(30)12-7-15-23(27)33-22)18-10-4-5-13-21(18)32-16-24(31)28-17-8-2-1-3-9-17/h1-5,8-10,13,25H,6-7,11-12,14-16H2,(H,28,31). The van der Waals surface area contributed by atoms with Crippen LogP contribution in [0.25, 0.3) is 0 Å². The second-order valence-electron chi connectivity index (χ2n) is 8.50. The summed E-state index contributed by atoms with van der Waals surface area (Å²) in [5.41, 5.74) is 2.55. The maximum absolute atomic E-state index is 13.0. The van der Waals surface area contributed by atoms with Crippen molar-refractivity contribution in [1.82, 2.24) is 0 Å². The van der Waals surface area contributed by atoms with Crippen molar-refractivity contribution < 1.29 is 23.9 Å². The molecule has 6 heteroatoms. The first kappa shape index (κ1) is 21.2. The lowest BCUT2D eigenvalue weighted by Gasteiger charge is -2.36. The minimum absolute atomic E-state index is 0.0165. The van der Waals surface area contributed by atoms with Crippen LogP contribution in [0.15, 0.2) is 77.3 Å². The summed E-state index contributed by atoms with van der Waals surface area (Å²) in [5, 5.41) is 2.81. The molecule has 168 valence electrons. The van der Waals surface area contributed by atoms with Crippen LogP contribution in [0.5, 0.6) is 5.75 Å². The number of carbonyl (C=O) groups is 3. The van der Waals surface area contributed by atoms with E-state index >= 15 is 0 Å². The lowest BCUT2D eigenvalue weighted by Crippen LogP contribution is -2.30. The second kappa shape index (κ2) is 9.06. The fourth-order valence-corrected chi connectivity index (χ4v) is 4.84. The zero-order valence-electron chi connectivity index (χ0n) is 18.3. The number of anilines is 1. The van der Waals surface area contributed by atoms with Gasteiger partial charge in [-0.1, -0.05) is 36.4 Å². The fourth-order valence-electron chi connectivity index (χ4n) is 4.84. The van der Waals surface area contributed by atoms with Crippen molar-refractivity contribution in [3.05, 3.63) is 82.8 Å². The topological polar surface area (TPSA) is 81.7 Å². The van der Waals surface area contributed by atoms with Crippen LogP contribution in [0.2, 0.25) is 0 Å². The smallest absolute Gasteiger partial charge is 0.262 e. The Hall–Kier alpha value is -3.67. The minimum atomic E-state index is -0.516. The third-order valence-electron chi connectivity index (χ3n) is 6.29. The number of rotatable bonds is 5. The number of hydrogen-bond donors (Lipinski definition) is 1. The number of ether oxygens (including phenoxy) is 2. The average Bonchev–Trinajstić information content (AvgIpc) is 2.83. The van der Waals surface area contributed by atoms with Crippen molar-refractivity contribution in [1.29, 1.82) is 0 Å². The van der Waals surface area contributed by atoms with E-state index in [-0.39, 0.29) is 24.1 Å². The van der Waals surface area contributed by atoms with Gasteiger partial charge in [0, 0.05) is 48.1 Å². The molecule has 1 amide bonds. The Morgan fingerprint density at radius 3 is 2.12 bits per heavy atom. The Morgan fingerprint density at radius 1 is 0.848 bits per heavy atom. The van der Waals surface area contributed by atoms with Gasteiger partial charge in [0.15, 0.2) is 18.2 Å². The van der Waals surface area contributed by atoms with Crippen LogP contribution in [-0.4, -0.2) is 24.1 Å². The van der Waals surface area contributed by atoms with Gasteiger partial charge in [-0.05, 0) is 31.0 Å². The van der Waals surface area contributed by atoms with E-state index in [0.717, 1.165) is 18.4 Å². The molecule has 2 aliphatic carbocycles. The van der Waals surface area contributed by atoms with Crippen LogP contribution in [0.1, 0.15) is 50.0 Å². The molecular formula is C27H25NO5. The Labute approximate surface area is 192 Å². The van der Waals surface area contributed by atoms with Crippen LogP contribution in [0, 0.1) is 0 Å². The van der Waals surface area contributed by atoms with Gasteiger partial charge in [0.25, 0.3) is 5.91 Å². The van der Waals surface area contributed by atoms with Crippen LogP contribution in [0.3, 0.4) is 0 Å². The lowest BCUT2D eigenvalue weighted by molar-refractivity contribution is -0.119. The van der Waals surface area contributed by atoms with Gasteiger partial charge < -0.3 is 14.8 Å². The number of hydrogen-bond acceptors (Lipinski definition) is 5. The number of para-hydroxylation sites is 2. The second-order valence-corrected chi connectivity index (χ2v) is 8.50. The predicted octanol–water partition coefficient (Wildman–Crippen LogP) is 4.83. The first-order valence-electron chi connectivity index (χ1n) is 11.4. The molecule has 0 radical (unpaired) electrons. The summed E-state index contributed by atoms with van der Waals surface area (Å²) in [7, 11) is 0. The molecule has 0 fully saturated rings. The molecular weight excluding hydrogens is 418 g/mol. The van der Waals surface area contributed by atoms with Crippen LogP contribution < -0.4 is 10.1 Å². The molecule has 2 aromatic rings. The molecule has 0 aromatic heterocycles. The molecule has 3 aliphatic rings. The maximum atomic E-state index is 13.0. The molecule has 6 nitrogen and oxygen atoms in total. The highest BCUT2D eigenvalue weighted by atomic mass is 16.5. The molecule has 0 saturated heterocycles. The number of carbonyl (C=O) groups excluding carboxylic acids is 3. The van der Waals surface area contributed by atoms with Crippen molar-refractivity contribution in [3.63, 3.8) is 0 Å². The Kier molecular flexibility index (Phi) is 5.82. The number of nitrogens with one attached hydrogen (secondary N) is 1. The fraction of sp³-hybridized carbons (Fsp3) is 0.296. The van der Waals surface area contributed by atoms with E-state index in [0.29, 0.717) is 59.8 Å². The zero-order chi connectivity index (χ0) is 22.8. The van der Waals surface area contributed by atoms with Crippen LogP contribution in [-0.2, 0) is 19.1 Å². The SMILES string of the molecule is O=C(COc1ccccc1C1C2=C(CCCC2=O)OC2=C1C(=O)CCC2)Nc1ccccc1. The molecule has 1 N–H and O–H groups in total. The van der Waals surface area contributed by atoms with E-state index in [2.05, 4.69) is 5.32 Å². The van der Waals surface area contributed by atoms with E-state index in [1.54, 1.807) is 18.2 Å². The number of allylic oxidation sites excluding steroid dienone is 4. The molecule has 5 rings (SSSR count). The van der Waals surface area contributed by atoms with Crippen molar-refractivity contribution in [2.45, 2.75) is 44.4 Å². The summed E-state index contributed by atoms with van der Waals surface area (Å²) in [6, 6.07) is 16.5.